The van der Waals surface area contributed by atoms with Gasteiger partial charge in [-0.15, -0.1) is 11.3 Å². The van der Waals surface area contributed by atoms with Gasteiger partial charge in [-0.05, 0) is 0 Å². The van der Waals surface area contributed by atoms with Crippen LogP contribution in [0.25, 0.3) is 0 Å². The lowest BCUT2D eigenvalue weighted by molar-refractivity contribution is 0.00969. The van der Waals surface area contributed by atoms with Gasteiger partial charge in [0.05, 0.1) is 16.9 Å². The van der Waals surface area contributed by atoms with Crippen LogP contribution in [0.3, 0.4) is 0 Å². The lowest BCUT2D eigenvalue weighted by Gasteiger charge is -2.09. The first-order valence-corrected chi connectivity index (χ1v) is 3.51. The van der Waals surface area contributed by atoms with Crippen LogP contribution in [0.1, 0.15) is 4.88 Å². The van der Waals surface area contributed by atoms with Crippen molar-refractivity contribution in [1.29, 1.82) is 0 Å². The second-order valence-electron chi connectivity index (χ2n) is 1.77. The molecule has 0 aliphatic carbocycles. The highest BCUT2D eigenvalue weighted by Crippen LogP contribution is 2.28. The molecular weight excluding hydrogens is 158 g/mol. The Morgan fingerprint density at radius 3 is 2.80 bits per heavy atom. The van der Waals surface area contributed by atoms with Crippen molar-refractivity contribution in [3.63, 3.8) is 0 Å². The van der Waals surface area contributed by atoms with Gasteiger partial charge in [-0.1, -0.05) is 0 Å². The quantitative estimate of drug-likeness (QED) is 0.713. The van der Waals surface area contributed by atoms with Crippen molar-refractivity contribution in [3.05, 3.63) is 16.6 Å². The van der Waals surface area contributed by atoms with Gasteiger partial charge in [0.2, 0.25) is 0 Å². The molecule has 2 nitrogen and oxygen atoms in total. The molecule has 10 heavy (non-hydrogen) atoms. The zero-order valence-corrected chi connectivity index (χ0v) is 5.87. The number of rotatable bonds is 2. The predicted molar refractivity (Wildman–Crippen MR) is 35.1 cm³/mol. The van der Waals surface area contributed by atoms with E-state index in [9.17, 15) is 8.78 Å². The van der Waals surface area contributed by atoms with Crippen LogP contribution in [-0.4, -0.2) is 11.5 Å². The van der Waals surface area contributed by atoms with Crippen molar-refractivity contribution < 1.29 is 8.78 Å². The van der Waals surface area contributed by atoms with Gasteiger partial charge in [-0.25, -0.2) is 0 Å². The molecule has 0 aromatic carbocycles. The SMILES string of the molecule is NCC(F)(F)c1cncs1. The molecule has 0 spiro atoms. The summed E-state index contributed by atoms with van der Waals surface area (Å²) in [5.41, 5.74) is 6.19. The van der Waals surface area contributed by atoms with Crippen molar-refractivity contribution in [2.75, 3.05) is 6.54 Å². The van der Waals surface area contributed by atoms with Crippen molar-refractivity contribution in [3.8, 4) is 0 Å². The number of nitrogens with zero attached hydrogens (tertiary/aromatic N) is 1. The molecule has 5 heteroatoms. The van der Waals surface area contributed by atoms with E-state index in [1.54, 1.807) is 0 Å². The Hall–Kier alpha value is -0.550. The maximum absolute atomic E-state index is 12.6. The first kappa shape index (κ1) is 7.56. The number of halogens is 2. The van der Waals surface area contributed by atoms with Gasteiger partial charge in [0.15, 0.2) is 0 Å². The molecule has 56 valence electrons. The van der Waals surface area contributed by atoms with Gasteiger partial charge in [-0.3, -0.25) is 4.98 Å². The Morgan fingerprint density at radius 1 is 1.70 bits per heavy atom. The van der Waals surface area contributed by atoms with Crippen LogP contribution < -0.4 is 5.73 Å². The average Bonchev–Trinajstić information content (AvgIpc) is 2.38. The normalized spacial score (nSPS) is 11.9. The summed E-state index contributed by atoms with van der Waals surface area (Å²) in [6.07, 6.45) is 1.14. The van der Waals surface area contributed by atoms with Crippen LogP contribution in [0.4, 0.5) is 8.78 Å². The molecule has 0 aliphatic rings. The minimum Gasteiger partial charge on any atom is -0.325 e. The van der Waals surface area contributed by atoms with E-state index in [1.165, 1.54) is 5.51 Å². The minimum absolute atomic E-state index is 0.0741. The lowest BCUT2D eigenvalue weighted by Crippen LogP contribution is -2.23. The molecule has 0 bridgehead atoms. The molecular formula is C5H6F2N2S. The Bertz CT molecular complexity index is 197. The standard InChI is InChI=1S/C5H6F2N2S/c6-5(7,2-8)4-1-9-3-10-4/h1,3H,2,8H2. The van der Waals surface area contributed by atoms with Gasteiger partial charge in [0.1, 0.15) is 0 Å². The topological polar surface area (TPSA) is 38.9 Å². The van der Waals surface area contributed by atoms with Crippen molar-refractivity contribution in [1.82, 2.24) is 4.98 Å². The summed E-state index contributed by atoms with van der Waals surface area (Å²) in [5.74, 6) is -2.90. The van der Waals surface area contributed by atoms with E-state index in [-0.39, 0.29) is 4.88 Å². The van der Waals surface area contributed by atoms with Crippen LogP contribution in [0, 0.1) is 0 Å². The number of thiazole rings is 1. The summed E-state index contributed by atoms with van der Waals surface area (Å²) in [6, 6.07) is 0. The zero-order valence-electron chi connectivity index (χ0n) is 5.05. The third-order valence-corrected chi connectivity index (χ3v) is 1.93. The van der Waals surface area contributed by atoms with E-state index in [4.69, 9.17) is 5.73 Å². The third-order valence-electron chi connectivity index (χ3n) is 1.05. The fraction of sp³-hybridized carbons (Fsp3) is 0.400. The number of nitrogens with two attached hydrogens (primary N) is 1. The monoisotopic (exact) mass is 164 g/mol. The molecule has 0 saturated heterocycles. The Balaban J connectivity index is 2.85. The molecule has 1 heterocycles. The number of hydrogen-bond donors (Lipinski definition) is 1. The second kappa shape index (κ2) is 2.59. The van der Waals surface area contributed by atoms with Crippen LogP contribution in [0.5, 0.6) is 0 Å². The number of aromatic nitrogens is 1. The highest BCUT2D eigenvalue weighted by molar-refractivity contribution is 7.09. The average molecular weight is 164 g/mol. The number of alkyl halides is 2. The molecule has 0 saturated carbocycles. The second-order valence-corrected chi connectivity index (χ2v) is 2.66. The van der Waals surface area contributed by atoms with Crippen LogP contribution in [0.15, 0.2) is 11.7 Å². The molecule has 0 aliphatic heterocycles. The van der Waals surface area contributed by atoms with E-state index in [1.807, 2.05) is 0 Å². The van der Waals surface area contributed by atoms with Crippen LogP contribution >= 0.6 is 11.3 Å². The smallest absolute Gasteiger partial charge is 0.295 e. The van der Waals surface area contributed by atoms with Gasteiger partial charge in [0, 0.05) is 6.20 Å². The summed E-state index contributed by atoms with van der Waals surface area (Å²) in [5, 5.41) is 0. The minimum atomic E-state index is -2.90. The Labute approximate surface area is 60.7 Å². The third kappa shape index (κ3) is 1.30. The molecule has 0 radical (unpaired) electrons. The summed E-state index contributed by atoms with van der Waals surface area (Å²) in [7, 11) is 0. The van der Waals surface area contributed by atoms with E-state index < -0.39 is 12.5 Å². The summed E-state index contributed by atoms with van der Waals surface area (Å²) < 4.78 is 25.1. The fourth-order valence-electron chi connectivity index (χ4n) is 0.497. The van der Waals surface area contributed by atoms with E-state index in [2.05, 4.69) is 4.98 Å². The molecule has 1 aromatic heterocycles. The van der Waals surface area contributed by atoms with Crippen molar-refractivity contribution >= 4 is 11.3 Å². The predicted octanol–water partition coefficient (Wildman–Crippen LogP) is 1.19. The summed E-state index contributed by atoms with van der Waals surface area (Å²) in [6.45, 7) is -0.658. The highest BCUT2D eigenvalue weighted by atomic mass is 32.1. The fourth-order valence-corrected chi connectivity index (χ4v) is 1.11. The van der Waals surface area contributed by atoms with Crippen LogP contribution in [0.2, 0.25) is 0 Å². The summed E-state index contributed by atoms with van der Waals surface area (Å²) >= 11 is 0.913. The van der Waals surface area contributed by atoms with Crippen LogP contribution in [-0.2, 0) is 5.92 Å². The summed E-state index contributed by atoms with van der Waals surface area (Å²) in [4.78, 5) is 3.45. The van der Waals surface area contributed by atoms with Gasteiger partial charge in [0.25, 0.3) is 5.92 Å². The Kier molecular flexibility index (Phi) is 1.96. The van der Waals surface area contributed by atoms with Gasteiger partial charge in [-0.2, -0.15) is 8.78 Å². The van der Waals surface area contributed by atoms with Gasteiger partial charge >= 0.3 is 0 Å². The largest absolute Gasteiger partial charge is 0.325 e. The van der Waals surface area contributed by atoms with E-state index >= 15 is 0 Å². The van der Waals surface area contributed by atoms with E-state index in [0.29, 0.717) is 0 Å². The number of hydrogen-bond acceptors (Lipinski definition) is 3. The lowest BCUT2D eigenvalue weighted by atomic mass is 10.3. The first-order valence-electron chi connectivity index (χ1n) is 2.63. The van der Waals surface area contributed by atoms with E-state index in [0.717, 1.165) is 17.5 Å². The molecule has 1 rings (SSSR count). The molecule has 0 atom stereocenters. The Morgan fingerprint density at radius 2 is 2.40 bits per heavy atom. The molecule has 0 fully saturated rings. The maximum atomic E-state index is 12.6. The zero-order chi connectivity index (χ0) is 7.61. The molecule has 1 aromatic rings. The molecule has 0 unspecified atom stereocenters. The van der Waals surface area contributed by atoms with Gasteiger partial charge < -0.3 is 5.73 Å². The maximum Gasteiger partial charge on any atom is 0.295 e. The molecule has 2 N–H and O–H groups in total. The molecule has 0 amide bonds. The van der Waals surface area contributed by atoms with Crippen molar-refractivity contribution in [2.45, 2.75) is 5.92 Å². The van der Waals surface area contributed by atoms with Crippen molar-refractivity contribution in [2.24, 2.45) is 5.73 Å². The first-order chi connectivity index (χ1) is 4.67. The highest BCUT2D eigenvalue weighted by Gasteiger charge is 2.30.